The maximum absolute atomic E-state index is 12.3. The normalized spacial score (nSPS) is 15.2. The van der Waals surface area contributed by atoms with E-state index in [0.717, 1.165) is 33.0 Å². The van der Waals surface area contributed by atoms with Crippen LogP contribution in [0.3, 0.4) is 0 Å². The summed E-state index contributed by atoms with van der Waals surface area (Å²) in [5.74, 6) is 1.33. The van der Waals surface area contributed by atoms with Crippen LogP contribution >= 0.6 is 77.0 Å². The van der Waals surface area contributed by atoms with Gasteiger partial charge in [0, 0.05) is 55.2 Å². The van der Waals surface area contributed by atoms with Gasteiger partial charge in [-0.05, 0) is 126 Å². The number of pyridine rings is 2. The maximum atomic E-state index is 12.3. The molecule has 1 unspecified atom stereocenters. The predicted octanol–water partition coefficient (Wildman–Crippen LogP) is 9.98. The monoisotopic (exact) mass is 987 g/mol. The Morgan fingerprint density at radius 3 is 2.26 bits per heavy atom. The summed E-state index contributed by atoms with van der Waals surface area (Å²) in [4.78, 5) is 25.4. The van der Waals surface area contributed by atoms with Crippen LogP contribution in [0.25, 0.3) is 22.1 Å². The van der Waals surface area contributed by atoms with E-state index in [1.807, 2.05) is 30.3 Å². The van der Waals surface area contributed by atoms with Gasteiger partial charge in [0.15, 0.2) is 0 Å². The highest BCUT2D eigenvalue weighted by molar-refractivity contribution is 14.1. The third-order valence-electron chi connectivity index (χ3n) is 6.33. The Morgan fingerprint density at radius 2 is 1.57 bits per heavy atom. The van der Waals surface area contributed by atoms with Gasteiger partial charge in [0.2, 0.25) is 17.0 Å². The fourth-order valence-corrected chi connectivity index (χ4v) is 6.27. The van der Waals surface area contributed by atoms with Gasteiger partial charge in [-0.15, -0.1) is 0 Å². The predicted molar refractivity (Wildman–Crippen MR) is 201 cm³/mol. The molecule has 0 amide bonds. The molecule has 8 nitrogen and oxygen atoms in total. The van der Waals surface area contributed by atoms with Crippen molar-refractivity contribution < 1.29 is 27.4 Å². The van der Waals surface area contributed by atoms with E-state index < -0.39 is 5.54 Å². The van der Waals surface area contributed by atoms with Crippen LogP contribution in [0.4, 0.5) is 13.5 Å². The Labute approximate surface area is 308 Å². The lowest BCUT2D eigenvalue weighted by Crippen LogP contribution is -2.38. The zero-order valence-corrected chi connectivity index (χ0v) is 29.9. The lowest BCUT2D eigenvalue weighted by Gasteiger charge is -2.38. The molecular weight excluding hydrogens is 962 g/mol. The molecule has 1 spiro atoms. The molecule has 0 saturated heterocycles. The lowest BCUT2D eigenvalue weighted by molar-refractivity contribution is 0.108. The van der Waals surface area contributed by atoms with Crippen molar-refractivity contribution in [2.75, 3.05) is 6.61 Å². The first-order chi connectivity index (χ1) is 21.1. The fourth-order valence-electron chi connectivity index (χ4n) is 4.63. The molecule has 16 heteroatoms. The van der Waals surface area contributed by atoms with E-state index in [1.54, 1.807) is 24.5 Å². The van der Waals surface area contributed by atoms with Crippen molar-refractivity contribution in [1.29, 1.82) is 0 Å². The summed E-state index contributed by atoms with van der Waals surface area (Å²) >= 11 is 11.2. The number of hydrogen-bond donors (Lipinski definition) is 1. The summed E-state index contributed by atoms with van der Waals surface area (Å²) in [6.45, 7) is 1.84. The molecular formula is C30H27BBr2F3I2N4O4. The highest BCUT2D eigenvalue weighted by atomic mass is 127. The van der Waals surface area contributed by atoms with Crippen LogP contribution in [-0.2, 0) is 10.3 Å². The van der Waals surface area contributed by atoms with E-state index in [4.69, 9.17) is 28.8 Å². The smallest absolute Gasteiger partial charge is 0.351 e. The van der Waals surface area contributed by atoms with E-state index in [9.17, 15) is 9.11 Å². The van der Waals surface area contributed by atoms with E-state index in [1.165, 1.54) is 6.82 Å². The number of nitrogens with two attached hydrogens (primary N) is 1. The topological polar surface area (TPSA) is 113 Å². The van der Waals surface area contributed by atoms with Crippen molar-refractivity contribution in [3.63, 3.8) is 0 Å². The molecule has 1 radical (unpaired) electrons. The minimum Gasteiger partial charge on any atom is -0.465 e. The summed E-state index contributed by atoms with van der Waals surface area (Å²) in [5, 5.41) is 1.08. The molecule has 2 aliphatic heterocycles. The van der Waals surface area contributed by atoms with E-state index in [0.29, 0.717) is 48.5 Å². The molecule has 7 rings (SSSR count). The highest BCUT2D eigenvalue weighted by Gasteiger charge is 2.45. The molecule has 2 aromatic carbocycles. The molecule has 2 N–H and O–H groups in total. The van der Waals surface area contributed by atoms with Crippen LogP contribution in [0.15, 0.2) is 84.1 Å². The second-order valence-corrected chi connectivity index (χ2v) is 13.3. The van der Waals surface area contributed by atoms with Gasteiger partial charge >= 0.3 is 7.56 Å². The third kappa shape index (κ3) is 8.52. The molecule has 0 bridgehead atoms. The Morgan fingerprint density at radius 1 is 0.935 bits per heavy atom. The summed E-state index contributed by atoms with van der Waals surface area (Å²) in [6.07, 6.45) is 4.02. The molecule has 0 aliphatic carbocycles. The van der Waals surface area contributed by atoms with E-state index in [-0.39, 0.29) is 26.3 Å². The Kier molecular flexibility index (Phi) is 15.2. The molecule has 1 atom stereocenters. The van der Waals surface area contributed by atoms with Gasteiger partial charge in [-0.25, -0.2) is 15.0 Å². The van der Waals surface area contributed by atoms with Gasteiger partial charge in [-0.3, -0.25) is 4.79 Å². The zero-order valence-electron chi connectivity index (χ0n) is 22.5. The van der Waals surface area contributed by atoms with Gasteiger partial charge in [-0.2, -0.15) is 0 Å². The number of hydrogen-bond acceptors (Lipinski definition) is 8. The van der Waals surface area contributed by atoms with Crippen LogP contribution < -0.4 is 15.9 Å². The quantitative estimate of drug-likeness (QED) is 0.0934. The number of ether oxygens (including phenoxy) is 2. The average Bonchev–Trinajstić information content (AvgIpc) is 3.01. The zero-order chi connectivity index (χ0) is 32.0. The second-order valence-electron chi connectivity index (χ2n) is 8.95. The molecule has 3 aromatic heterocycles. The van der Waals surface area contributed by atoms with Crippen molar-refractivity contribution in [2.45, 2.75) is 33.6 Å². The molecule has 0 fully saturated rings. The first kappa shape index (κ1) is 39.7. The summed E-state index contributed by atoms with van der Waals surface area (Å²) in [5.41, 5.74) is 8.07. The number of halogens is 7. The number of aromatic nitrogens is 2. The van der Waals surface area contributed by atoms with Crippen molar-refractivity contribution in [3.05, 3.63) is 98.4 Å². The Hall–Kier alpha value is -2.45. The van der Waals surface area contributed by atoms with Gasteiger partial charge in [-0.1, -0.05) is 21.7 Å². The van der Waals surface area contributed by atoms with Crippen LogP contribution in [-0.4, -0.2) is 30.2 Å². The Bertz CT molecular complexity index is 1810. The lowest BCUT2D eigenvalue weighted by atomic mass is 9.79. The van der Waals surface area contributed by atoms with Crippen molar-refractivity contribution in [1.82, 2.24) is 9.97 Å². The molecule has 2 aliphatic rings. The van der Waals surface area contributed by atoms with Crippen molar-refractivity contribution in [3.8, 4) is 11.6 Å². The highest BCUT2D eigenvalue weighted by Crippen LogP contribution is 2.51. The minimum atomic E-state index is -0.608. The van der Waals surface area contributed by atoms with E-state index in [2.05, 4.69) is 98.1 Å². The fraction of sp³-hybridized carbons (Fsp3) is 0.200. The summed E-state index contributed by atoms with van der Waals surface area (Å²) in [7, 11) is 0.500. The number of fused-ring (bicyclic) bond motifs is 6. The van der Waals surface area contributed by atoms with Crippen LogP contribution in [0.5, 0.6) is 11.6 Å². The van der Waals surface area contributed by atoms with Gasteiger partial charge in [0.1, 0.15) is 16.9 Å². The van der Waals surface area contributed by atoms with Crippen molar-refractivity contribution >= 4 is 113 Å². The number of rotatable bonds is 0. The van der Waals surface area contributed by atoms with Gasteiger partial charge in [0.05, 0.1) is 17.4 Å². The molecule has 0 saturated carbocycles. The number of aliphatic imine (C=N–C) groups is 1. The SMILES string of the molecule is C.C.C[B]F.FF.NC1=NC2(CCO1)c1cc(I)ccc1Oc1ncc(Br)cc12.O=c1c2cc(I)ccc2oc2ncc(Br)cc12. The summed E-state index contributed by atoms with van der Waals surface area (Å²) in [6, 6.07) is 15.5. The molecule has 46 heavy (non-hydrogen) atoms. The summed E-state index contributed by atoms with van der Waals surface area (Å²) < 4.78 is 46.8. The molecule has 5 heterocycles. The molecule has 243 valence electrons. The first-order valence-corrected chi connectivity index (χ1v) is 16.2. The number of nitrogens with zero attached hydrogens (tertiary/aromatic N) is 3. The number of amidine groups is 1. The van der Waals surface area contributed by atoms with Crippen LogP contribution in [0.1, 0.15) is 32.4 Å². The first-order valence-electron chi connectivity index (χ1n) is 12.5. The van der Waals surface area contributed by atoms with Gasteiger partial charge in [0.25, 0.3) is 6.02 Å². The standard InChI is InChI=1S/C15H11BrIN3O2.C12H5BrINO2.CH3BF.2CH4.F2/c16-8-5-11-13(19-7-8)22-12-2-1-9(17)6-10(12)15(11)3-4-21-14(18)20-15;13-6-3-9-11(16)8-4-7(14)1-2-10(8)17-12(9)15-5-6;1-2-3;;;1-2/h1-2,5-7H,3-4H2,(H2,18,20);1-5H;1H3;2*1H4;. The number of benzene rings is 2. The Balaban J connectivity index is 0.000000277. The minimum absolute atomic E-state index is 0. The van der Waals surface area contributed by atoms with Gasteiger partial charge < -0.3 is 23.9 Å². The largest absolute Gasteiger partial charge is 0.465 e. The molecule has 5 aromatic rings. The van der Waals surface area contributed by atoms with E-state index >= 15 is 0 Å². The maximum Gasteiger partial charge on any atom is 0.351 e. The average molecular weight is 989 g/mol. The van der Waals surface area contributed by atoms with Crippen molar-refractivity contribution in [2.24, 2.45) is 10.7 Å². The second kappa shape index (κ2) is 17.6. The van der Waals surface area contributed by atoms with Crippen LogP contribution in [0, 0.1) is 7.14 Å². The third-order valence-corrected chi connectivity index (χ3v) is 8.54. The van der Waals surface area contributed by atoms with Crippen LogP contribution in [0.2, 0.25) is 6.82 Å².